The number of amides is 2. The zero-order valence-corrected chi connectivity index (χ0v) is 12.5. The number of urea groups is 1. The molecule has 0 fully saturated rings. The second-order valence-corrected chi connectivity index (χ2v) is 5.14. The van der Waals surface area contributed by atoms with Gasteiger partial charge in [0.15, 0.2) is 0 Å². The van der Waals surface area contributed by atoms with E-state index in [1.54, 1.807) is 12.1 Å². The van der Waals surface area contributed by atoms with Crippen LogP contribution in [0.2, 0.25) is 0 Å². The summed E-state index contributed by atoms with van der Waals surface area (Å²) in [4.78, 5) is 11.9. The first-order valence-electron chi connectivity index (χ1n) is 5.68. The van der Waals surface area contributed by atoms with Crippen LogP contribution in [0.25, 0.3) is 0 Å². The van der Waals surface area contributed by atoms with E-state index in [-0.39, 0.29) is 11.0 Å². The Morgan fingerprint density at radius 3 is 2.83 bits per heavy atom. The first-order chi connectivity index (χ1) is 8.54. The molecular formula is C12H16BrN3OS. The number of halogens is 1. The van der Waals surface area contributed by atoms with Crippen LogP contribution in [0.3, 0.4) is 0 Å². The monoisotopic (exact) mass is 329 g/mol. The van der Waals surface area contributed by atoms with Crippen molar-refractivity contribution < 1.29 is 4.79 Å². The predicted molar refractivity (Wildman–Crippen MR) is 82.0 cm³/mol. The Bertz CT molecular complexity index is 451. The number of carbonyl (C=O) groups excluding carboxylic acids is 1. The van der Waals surface area contributed by atoms with Gasteiger partial charge in [-0.05, 0) is 24.6 Å². The highest BCUT2D eigenvalue weighted by molar-refractivity contribution is 9.10. The van der Waals surface area contributed by atoms with E-state index in [1.165, 1.54) is 0 Å². The molecule has 4 N–H and O–H groups in total. The van der Waals surface area contributed by atoms with Gasteiger partial charge in [-0.2, -0.15) is 0 Å². The van der Waals surface area contributed by atoms with Crippen molar-refractivity contribution in [2.45, 2.75) is 19.8 Å². The van der Waals surface area contributed by atoms with Gasteiger partial charge in [0.1, 0.15) is 4.99 Å². The van der Waals surface area contributed by atoms with Crippen LogP contribution in [0, 0.1) is 0 Å². The number of carbonyl (C=O) groups is 1. The number of anilines is 1. The Morgan fingerprint density at radius 1 is 1.50 bits per heavy atom. The lowest BCUT2D eigenvalue weighted by molar-refractivity contribution is 0.252. The first-order valence-corrected chi connectivity index (χ1v) is 6.89. The summed E-state index contributed by atoms with van der Waals surface area (Å²) in [5.74, 6) is 0. The summed E-state index contributed by atoms with van der Waals surface area (Å²) < 4.78 is 0.863. The van der Waals surface area contributed by atoms with E-state index < -0.39 is 0 Å². The molecule has 1 rings (SSSR count). The molecule has 18 heavy (non-hydrogen) atoms. The van der Waals surface area contributed by atoms with Crippen molar-refractivity contribution in [1.29, 1.82) is 0 Å². The second kappa shape index (κ2) is 7.33. The van der Waals surface area contributed by atoms with Crippen LogP contribution in [-0.2, 0) is 0 Å². The largest absolute Gasteiger partial charge is 0.389 e. The molecule has 1 aromatic carbocycles. The van der Waals surface area contributed by atoms with E-state index in [4.69, 9.17) is 18.0 Å². The molecule has 0 unspecified atom stereocenters. The van der Waals surface area contributed by atoms with Gasteiger partial charge in [0.05, 0.1) is 5.69 Å². The fourth-order valence-corrected chi connectivity index (χ4v) is 1.90. The van der Waals surface area contributed by atoms with Crippen LogP contribution < -0.4 is 16.4 Å². The molecule has 0 aliphatic carbocycles. The standard InChI is InChI=1S/C12H16BrN3OS/c1-2-3-6-15-12(17)16-10-5-4-8(13)7-9(10)11(14)18/h4-5,7H,2-3,6H2,1H3,(H2,14,18)(H2,15,16,17). The summed E-state index contributed by atoms with van der Waals surface area (Å²) in [6.07, 6.45) is 1.99. The summed E-state index contributed by atoms with van der Waals surface area (Å²) in [7, 11) is 0. The molecule has 0 saturated heterocycles. The van der Waals surface area contributed by atoms with Crippen LogP contribution >= 0.6 is 28.1 Å². The Balaban J connectivity index is 2.72. The zero-order chi connectivity index (χ0) is 13.5. The van der Waals surface area contributed by atoms with Crippen LogP contribution in [-0.4, -0.2) is 17.6 Å². The van der Waals surface area contributed by atoms with E-state index in [1.807, 2.05) is 6.07 Å². The second-order valence-electron chi connectivity index (χ2n) is 3.79. The van der Waals surface area contributed by atoms with E-state index in [2.05, 4.69) is 33.5 Å². The molecule has 6 heteroatoms. The minimum absolute atomic E-state index is 0.247. The number of unbranched alkanes of at least 4 members (excludes halogenated alkanes) is 1. The summed E-state index contributed by atoms with van der Waals surface area (Å²) in [6, 6.07) is 5.12. The van der Waals surface area contributed by atoms with Crippen molar-refractivity contribution in [2.24, 2.45) is 5.73 Å². The van der Waals surface area contributed by atoms with Gasteiger partial charge < -0.3 is 16.4 Å². The number of rotatable bonds is 5. The minimum atomic E-state index is -0.247. The molecule has 0 aromatic heterocycles. The van der Waals surface area contributed by atoms with Crippen LogP contribution in [0.15, 0.2) is 22.7 Å². The molecule has 4 nitrogen and oxygen atoms in total. The van der Waals surface area contributed by atoms with Crippen molar-refractivity contribution in [1.82, 2.24) is 5.32 Å². The van der Waals surface area contributed by atoms with Gasteiger partial charge in [0.2, 0.25) is 0 Å². The normalized spacial score (nSPS) is 9.89. The van der Waals surface area contributed by atoms with Crippen molar-refractivity contribution in [3.63, 3.8) is 0 Å². The average Bonchev–Trinajstić information content (AvgIpc) is 2.31. The highest BCUT2D eigenvalue weighted by Gasteiger charge is 2.08. The molecule has 0 atom stereocenters. The Morgan fingerprint density at radius 2 is 2.22 bits per heavy atom. The maximum absolute atomic E-state index is 11.6. The molecule has 0 aliphatic rings. The fraction of sp³-hybridized carbons (Fsp3) is 0.333. The molecule has 0 saturated carbocycles. The third kappa shape index (κ3) is 4.62. The van der Waals surface area contributed by atoms with Gasteiger partial charge in [-0.15, -0.1) is 0 Å². The smallest absolute Gasteiger partial charge is 0.319 e. The van der Waals surface area contributed by atoms with Gasteiger partial charge in [-0.1, -0.05) is 41.5 Å². The van der Waals surface area contributed by atoms with Crippen LogP contribution in [0.4, 0.5) is 10.5 Å². The summed E-state index contributed by atoms with van der Waals surface area (Å²) in [5, 5.41) is 5.51. The number of thiocarbonyl (C=S) groups is 1. The summed E-state index contributed by atoms with van der Waals surface area (Å²) in [5.41, 5.74) is 6.87. The minimum Gasteiger partial charge on any atom is -0.389 e. The van der Waals surface area contributed by atoms with Gasteiger partial charge >= 0.3 is 6.03 Å². The van der Waals surface area contributed by atoms with Gasteiger partial charge in [0.25, 0.3) is 0 Å². The van der Waals surface area contributed by atoms with E-state index >= 15 is 0 Å². The predicted octanol–water partition coefficient (Wildman–Crippen LogP) is 3.00. The number of benzene rings is 1. The zero-order valence-electron chi connectivity index (χ0n) is 10.1. The lowest BCUT2D eigenvalue weighted by Crippen LogP contribution is -2.30. The first kappa shape index (κ1) is 14.9. The lowest BCUT2D eigenvalue weighted by Gasteiger charge is -2.11. The van der Waals surface area contributed by atoms with Gasteiger partial charge in [-0.3, -0.25) is 0 Å². The number of nitrogens with two attached hydrogens (primary N) is 1. The van der Waals surface area contributed by atoms with Crippen molar-refractivity contribution in [3.05, 3.63) is 28.2 Å². The van der Waals surface area contributed by atoms with E-state index in [0.717, 1.165) is 17.3 Å². The third-order valence-corrected chi connectivity index (χ3v) is 3.02. The van der Waals surface area contributed by atoms with Crippen LogP contribution in [0.1, 0.15) is 25.3 Å². The summed E-state index contributed by atoms with van der Waals surface area (Å²) >= 11 is 8.29. The van der Waals surface area contributed by atoms with Gasteiger partial charge in [0, 0.05) is 16.6 Å². The Kier molecular flexibility index (Phi) is 6.07. The molecule has 0 aliphatic heterocycles. The fourth-order valence-electron chi connectivity index (χ4n) is 1.37. The Labute approximate surface area is 120 Å². The molecule has 0 spiro atoms. The molecule has 98 valence electrons. The Hall–Kier alpha value is -1.14. The quantitative estimate of drug-likeness (QED) is 0.574. The highest BCUT2D eigenvalue weighted by atomic mass is 79.9. The maximum atomic E-state index is 11.6. The van der Waals surface area contributed by atoms with Crippen molar-refractivity contribution in [3.8, 4) is 0 Å². The van der Waals surface area contributed by atoms with Gasteiger partial charge in [-0.25, -0.2) is 4.79 Å². The lowest BCUT2D eigenvalue weighted by atomic mass is 10.2. The van der Waals surface area contributed by atoms with Crippen LogP contribution in [0.5, 0.6) is 0 Å². The van der Waals surface area contributed by atoms with Crippen molar-refractivity contribution >= 4 is 44.9 Å². The third-order valence-electron chi connectivity index (χ3n) is 2.31. The number of hydrogen-bond donors (Lipinski definition) is 3. The number of hydrogen-bond acceptors (Lipinski definition) is 2. The average molecular weight is 330 g/mol. The molecule has 2 amide bonds. The molecule has 0 heterocycles. The maximum Gasteiger partial charge on any atom is 0.319 e. The van der Waals surface area contributed by atoms with E-state index in [9.17, 15) is 4.79 Å². The molecular weight excluding hydrogens is 314 g/mol. The molecule has 1 aromatic rings. The van der Waals surface area contributed by atoms with Crippen molar-refractivity contribution in [2.75, 3.05) is 11.9 Å². The highest BCUT2D eigenvalue weighted by Crippen LogP contribution is 2.20. The number of nitrogens with one attached hydrogen (secondary N) is 2. The topological polar surface area (TPSA) is 67.2 Å². The SMILES string of the molecule is CCCCNC(=O)Nc1ccc(Br)cc1C(N)=S. The summed E-state index contributed by atoms with van der Waals surface area (Å²) in [6.45, 7) is 2.72. The van der Waals surface area contributed by atoms with E-state index in [0.29, 0.717) is 17.8 Å². The molecule has 0 radical (unpaired) electrons. The molecule has 0 bridgehead atoms.